The summed E-state index contributed by atoms with van der Waals surface area (Å²) in [7, 11) is 1.43. The Kier molecular flexibility index (Phi) is 10.0. The average Bonchev–Trinajstić information content (AvgIpc) is 3.50. The van der Waals surface area contributed by atoms with Crippen molar-refractivity contribution < 1.29 is 38.5 Å². The highest BCUT2D eigenvalue weighted by Crippen LogP contribution is 2.31. The number of phenolic OH excluding ortho intramolecular Hbond substituents is 1. The van der Waals surface area contributed by atoms with Crippen molar-refractivity contribution in [3.63, 3.8) is 0 Å². The van der Waals surface area contributed by atoms with Gasteiger partial charge in [-0.2, -0.15) is 0 Å². The molecule has 4 N–H and O–H groups in total. The van der Waals surface area contributed by atoms with Crippen LogP contribution in [0.3, 0.4) is 0 Å². The van der Waals surface area contributed by atoms with E-state index in [-0.39, 0.29) is 35.5 Å². The van der Waals surface area contributed by atoms with Gasteiger partial charge >= 0.3 is 0 Å². The van der Waals surface area contributed by atoms with Gasteiger partial charge in [-0.3, -0.25) is 19.2 Å². The van der Waals surface area contributed by atoms with Crippen LogP contribution in [0.2, 0.25) is 0 Å². The molecule has 1 aromatic carbocycles. The Hall–Kier alpha value is -3.44. The van der Waals surface area contributed by atoms with Crippen molar-refractivity contribution >= 4 is 23.5 Å². The Morgan fingerprint density at radius 3 is 2.39 bits per heavy atom. The van der Waals surface area contributed by atoms with Gasteiger partial charge in [-0.05, 0) is 70.1 Å². The first kappa shape index (κ1) is 30.5. The normalized spacial score (nSPS) is 22.6. The summed E-state index contributed by atoms with van der Waals surface area (Å²) in [6.45, 7) is 4.56. The molecule has 11 heteroatoms. The number of hydrogen-bond acceptors (Lipinski definition) is 8. The molecule has 0 radical (unpaired) electrons. The minimum Gasteiger partial charge on any atom is -0.504 e. The zero-order valence-corrected chi connectivity index (χ0v) is 24.0. The Morgan fingerprint density at radius 1 is 1.07 bits per heavy atom. The highest BCUT2D eigenvalue weighted by atomic mass is 16.6. The van der Waals surface area contributed by atoms with Crippen LogP contribution in [0.5, 0.6) is 11.5 Å². The molecule has 4 unspecified atom stereocenters. The Labute approximate surface area is 240 Å². The Morgan fingerprint density at radius 2 is 1.78 bits per heavy atom. The van der Waals surface area contributed by atoms with Gasteiger partial charge in [-0.25, -0.2) is 0 Å². The van der Waals surface area contributed by atoms with Gasteiger partial charge in [0.1, 0.15) is 17.7 Å². The molecule has 2 aliphatic heterocycles. The van der Waals surface area contributed by atoms with Crippen molar-refractivity contribution in [3.8, 4) is 11.5 Å². The van der Waals surface area contributed by atoms with E-state index >= 15 is 0 Å². The van der Waals surface area contributed by atoms with E-state index < -0.39 is 35.5 Å². The lowest BCUT2D eigenvalue weighted by Gasteiger charge is -2.26. The zero-order valence-electron chi connectivity index (χ0n) is 24.0. The quantitative estimate of drug-likeness (QED) is 0.206. The summed E-state index contributed by atoms with van der Waals surface area (Å²) in [5.74, 6) is -1.58. The number of phenols is 1. The standard InChI is InChI=1S/C30H41N3O8/c1-18(31-28(37)21-10-12-40-13-11-21)27(36)33-23(15-20-8-9-25(39-3)24(34)16-20)29(38)32-22(14-19-6-4-5-7-19)26(35)30(2)17-41-30/h6,8-9,16,18,21-23,34H,4-5,7,10-15,17H2,1-3H3,(H,31,37)(H,32,38)(H,33,36). The van der Waals surface area contributed by atoms with Gasteiger partial charge < -0.3 is 35.3 Å². The molecule has 4 rings (SSSR count). The number of nitrogens with one attached hydrogen (secondary N) is 3. The molecule has 0 saturated carbocycles. The van der Waals surface area contributed by atoms with Crippen molar-refractivity contribution in [1.82, 2.24) is 16.0 Å². The summed E-state index contributed by atoms with van der Waals surface area (Å²) < 4.78 is 15.8. The second-order valence-corrected chi connectivity index (χ2v) is 11.3. The van der Waals surface area contributed by atoms with Gasteiger partial charge in [-0.1, -0.05) is 17.7 Å². The number of methoxy groups -OCH3 is 1. The number of benzene rings is 1. The van der Waals surface area contributed by atoms with Crippen LogP contribution in [-0.2, 0) is 35.1 Å². The van der Waals surface area contributed by atoms with Crippen LogP contribution in [0.4, 0.5) is 0 Å². The van der Waals surface area contributed by atoms with E-state index in [1.165, 1.54) is 13.2 Å². The fourth-order valence-electron chi connectivity index (χ4n) is 5.25. The van der Waals surface area contributed by atoms with Gasteiger partial charge in [0.15, 0.2) is 17.3 Å². The molecule has 1 aromatic rings. The number of ketones is 1. The lowest BCUT2D eigenvalue weighted by atomic mass is 9.94. The van der Waals surface area contributed by atoms with Crippen LogP contribution >= 0.6 is 0 Å². The predicted molar refractivity (Wildman–Crippen MR) is 149 cm³/mol. The number of carbonyl (C=O) groups excluding carboxylic acids is 4. The summed E-state index contributed by atoms with van der Waals surface area (Å²) in [6.07, 6.45) is 6.50. The largest absolute Gasteiger partial charge is 0.504 e. The smallest absolute Gasteiger partial charge is 0.243 e. The lowest BCUT2D eigenvalue weighted by Crippen LogP contribution is -2.57. The maximum Gasteiger partial charge on any atom is 0.243 e. The molecule has 3 aliphatic rings. The van der Waals surface area contributed by atoms with Gasteiger partial charge in [0, 0.05) is 25.6 Å². The summed E-state index contributed by atoms with van der Waals surface area (Å²) in [5, 5.41) is 18.6. The number of hydrogen-bond donors (Lipinski definition) is 4. The van der Waals surface area contributed by atoms with Crippen LogP contribution < -0.4 is 20.7 Å². The van der Waals surface area contributed by atoms with E-state index in [4.69, 9.17) is 14.2 Å². The van der Waals surface area contributed by atoms with Crippen LogP contribution in [0.1, 0.15) is 57.9 Å². The third-order valence-corrected chi connectivity index (χ3v) is 7.99. The molecule has 41 heavy (non-hydrogen) atoms. The Bertz CT molecular complexity index is 1170. The lowest BCUT2D eigenvalue weighted by molar-refractivity contribution is -0.135. The fraction of sp³-hybridized carbons (Fsp3) is 0.600. The number of Topliss-reactive ketones (excluding diaryl/α,β-unsaturated/α-hetero) is 1. The van der Waals surface area contributed by atoms with E-state index in [2.05, 4.69) is 22.0 Å². The third-order valence-electron chi connectivity index (χ3n) is 7.99. The van der Waals surface area contributed by atoms with Crippen molar-refractivity contribution in [2.75, 3.05) is 26.9 Å². The summed E-state index contributed by atoms with van der Waals surface area (Å²) in [5.41, 5.74) is 0.750. The maximum atomic E-state index is 13.7. The fourth-order valence-corrected chi connectivity index (χ4v) is 5.25. The molecule has 2 saturated heterocycles. The molecule has 224 valence electrons. The van der Waals surface area contributed by atoms with Crippen molar-refractivity contribution in [2.24, 2.45) is 5.92 Å². The maximum absolute atomic E-state index is 13.7. The SMILES string of the molecule is COc1ccc(CC(NC(=O)C(C)NC(=O)C2CCOCC2)C(=O)NC(CC2=CCCC2)C(=O)C2(C)CO2)cc1O. The minimum absolute atomic E-state index is 0.0349. The summed E-state index contributed by atoms with van der Waals surface area (Å²) in [6, 6.07) is 1.93. The van der Waals surface area contributed by atoms with Crippen LogP contribution in [0.15, 0.2) is 29.8 Å². The summed E-state index contributed by atoms with van der Waals surface area (Å²) in [4.78, 5) is 52.9. The van der Waals surface area contributed by atoms with Gasteiger partial charge in [0.2, 0.25) is 17.7 Å². The molecular formula is C30H41N3O8. The summed E-state index contributed by atoms with van der Waals surface area (Å²) >= 11 is 0. The van der Waals surface area contributed by atoms with E-state index in [1.807, 2.05) is 0 Å². The molecule has 1 aliphatic carbocycles. The van der Waals surface area contributed by atoms with Crippen LogP contribution in [0, 0.1) is 5.92 Å². The monoisotopic (exact) mass is 571 g/mol. The first-order chi connectivity index (χ1) is 19.6. The van der Waals surface area contributed by atoms with Crippen molar-refractivity contribution in [1.29, 1.82) is 0 Å². The second-order valence-electron chi connectivity index (χ2n) is 11.3. The van der Waals surface area contributed by atoms with E-state index in [0.29, 0.717) is 44.6 Å². The molecule has 0 spiro atoms. The molecule has 2 heterocycles. The van der Waals surface area contributed by atoms with Crippen LogP contribution in [0.25, 0.3) is 0 Å². The number of carbonyl (C=O) groups is 4. The van der Waals surface area contributed by atoms with Gasteiger partial charge in [-0.15, -0.1) is 0 Å². The van der Waals surface area contributed by atoms with Crippen LogP contribution in [-0.4, -0.2) is 79.3 Å². The zero-order chi connectivity index (χ0) is 29.6. The predicted octanol–water partition coefficient (Wildman–Crippen LogP) is 1.70. The minimum atomic E-state index is -1.08. The molecule has 0 aromatic heterocycles. The number of rotatable bonds is 13. The third kappa shape index (κ3) is 8.07. The van der Waals surface area contributed by atoms with Gasteiger partial charge in [0.25, 0.3) is 0 Å². The van der Waals surface area contributed by atoms with E-state index in [0.717, 1.165) is 24.8 Å². The van der Waals surface area contributed by atoms with Crippen molar-refractivity contribution in [2.45, 2.75) is 82.5 Å². The van der Waals surface area contributed by atoms with Crippen molar-refractivity contribution in [3.05, 3.63) is 35.4 Å². The number of ether oxygens (including phenoxy) is 3. The molecule has 0 bridgehead atoms. The number of epoxide rings is 1. The number of amides is 3. The number of allylic oxidation sites excluding steroid dienone is 1. The molecular weight excluding hydrogens is 530 g/mol. The first-order valence-corrected chi connectivity index (χ1v) is 14.3. The average molecular weight is 572 g/mol. The highest BCUT2D eigenvalue weighted by molar-refractivity contribution is 5.98. The second kappa shape index (κ2) is 13.5. The molecule has 3 amide bonds. The first-order valence-electron chi connectivity index (χ1n) is 14.3. The highest BCUT2D eigenvalue weighted by Gasteiger charge is 2.50. The Balaban J connectivity index is 1.49. The van der Waals surface area contributed by atoms with E-state index in [1.54, 1.807) is 26.0 Å². The van der Waals surface area contributed by atoms with Gasteiger partial charge in [0.05, 0.1) is 19.8 Å². The number of aromatic hydroxyl groups is 1. The van der Waals surface area contributed by atoms with E-state index in [9.17, 15) is 24.3 Å². The molecule has 2 fully saturated rings. The molecule has 4 atom stereocenters. The topological polar surface area (TPSA) is 156 Å². The molecule has 11 nitrogen and oxygen atoms in total.